The summed E-state index contributed by atoms with van der Waals surface area (Å²) in [6.07, 6.45) is 0. The SMILES string of the molecule is COc1ccc(C2(C(N)CO)COC2)cc1Cl. The molecule has 0 amide bonds. The van der Waals surface area contributed by atoms with Gasteiger partial charge >= 0.3 is 0 Å². The minimum Gasteiger partial charge on any atom is -0.495 e. The molecule has 94 valence electrons. The second-order valence-corrected chi connectivity index (χ2v) is 4.69. The summed E-state index contributed by atoms with van der Waals surface area (Å²) in [5.41, 5.74) is 6.62. The summed E-state index contributed by atoms with van der Waals surface area (Å²) in [5, 5.41) is 9.77. The lowest BCUT2D eigenvalue weighted by molar-refractivity contribution is -0.0798. The van der Waals surface area contributed by atoms with Gasteiger partial charge in [-0.1, -0.05) is 17.7 Å². The Labute approximate surface area is 105 Å². The van der Waals surface area contributed by atoms with Gasteiger partial charge in [0.15, 0.2) is 0 Å². The molecule has 17 heavy (non-hydrogen) atoms. The van der Waals surface area contributed by atoms with Crippen molar-refractivity contribution < 1.29 is 14.6 Å². The summed E-state index contributed by atoms with van der Waals surface area (Å²) in [6.45, 7) is 0.946. The number of hydrogen-bond donors (Lipinski definition) is 2. The number of methoxy groups -OCH3 is 1. The van der Waals surface area contributed by atoms with Crippen LogP contribution < -0.4 is 10.5 Å². The molecule has 1 saturated heterocycles. The van der Waals surface area contributed by atoms with Crippen molar-refractivity contribution in [1.29, 1.82) is 0 Å². The van der Waals surface area contributed by atoms with Gasteiger partial charge in [-0.05, 0) is 17.7 Å². The first-order valence-electron chi connectivity index (χ1n) is 5.42. The number of aliphatic hydroxyl groups is 1. The highest BCUT2D eigenvalue weighted by Gasteiger charge is 2.45. The molecule has 1 heterocycles. The number of ether oxygens (including phenoxy) is 2. The van der Waals surface area contributed by atoms with Crippen LogP contribution in [-0.2, 0) is 10.2 Å². The molecule has 1 atom stereocenters. The van der Waals surface area contributed by atoms with E-state index in [2.05, 4.69) is 0 Å². The van der Waals surface area contributed by atoms with Crippen molar-refractivity contribution >= 4 is 11.6 Å². The molecule has 2 rings (SSSR count). The molecule has 1 unspecified atom stereocenters. The molecule has 0 spiro atoms. The van der Waals surface area contributed by atoms with E-state index in [9.17, 15) is 5.11 Å². The molecule has 0 saturated carbocycles. The van der Waals surface area contributed by atoms with Crippen molar-refractivity contribution in [3.8, 4) is 5.75 Å². The Morgan fingerprint density at radius 1 is 1.59 bits per heavy atom. The minimum atomic E-state index is -0.347. The number of rotatable bonds is 4. The first-order valence-corrected chi connectivity index (χ1v) is 5.80. The van der Waals surface area contributed by atoms with E-state index in [1.54, 1.807) is 7.11 Å². The fourth-order valence-corrected chi connectivity index (χ4v) is 2.33. The highest BCUT2D eigenvalue weighted by molar-refractivity contribution is 6.32. The molecule has 0 aromatic heterocycles. The van der Waals surface area contributed by atoms with Crippen LogP contribution in [-0.4, -0.2) is 38.1 Å². The lowest BCUT2D eigenvalue weighted by atomic mass is 9.73. The lowest BCUT2D eigenvalue weighted by Crippen LogP contribution is -2.60. The van der Waals surface area contributed by atoms with E-state index in [1.807, 2.05) is 18.2 Å². The van der Waals surface area contributed by atoms with Crippen LogP contribution >= 0.6 is 11.6 Å². The Bertz CT molecular complexity index is 407. The van der Waals surface area contributed by atoms with Crippen molar-refractivity contribution in [2.45, 2.75) is 11.5 Å². The summed E-state index contributed by atoms with van der Waals surface area (Å²) in [4.78, 5) is 0. The van der Waals surface area contributed by atoms with Gasteiger partial charge in [0.2, 0.25) is 0 Å². The topological polar surface area (TPSA) is 64.7 Å². The van der Waals surface area contributed by atoms with E-state index in [1.165, 1.54) is 0 Å². The fraction of sp³-hybridized carbons (Fsp3) is 0.500. The average molecular weight is 258 g/mol. The van der Waals surface area contributed by atoms with Crippen LogP contribution in [0.25, 0.3) is 0 Å². The quantitative estimate of drug-likeness (QED) is 0.843. The van der Waals surface area contributed by atoms with E-state index in [0.717, 1.165) is 5.56 Å². The van der Waals surface area contributed by atoms with Crippen LogP contribution in [0, 0.1) is 0 Å². The summed E-state index contributed by atoms with van der Waals surface area (Å²) in [7, 11) is 1.57. The highest BCUT2D eigenvalue weighted by Crippen LogP contribution is 2.38. The van der Waals surface area contributed by atoms with Gasteiger partial charge in [-0.25, -0.2) is 0 Å². The van der Waals surface area contributed by atoms with Gasteiger partial charge in [0.25, 0.3) is 0 Å². The number of benzene rings is 1. The van der Waals surface area contributed by atoms with Crippen LogP contribution in [0.5, 0.6) is 5.75 Å². The van der Waals surface area contributed by atoms with Crippen molar-refractivity contribution in [2.24, 2.45) is 5.73 Å². The maximum absolute atomic E-state index is 9.23. The molecule has 4 nitrogen and oxygen atoms in total. The first kappa shape index (κ1) is 12.6. The fourth-order valence-electron chi connectivity index (χ4n) is 2.07. The van der Waals surface area contributed by atoms with Gasteiger partial charge in [-0.3, -0.25) is 0 Å². The number of nitrogens with two attached hydrogens (primary N) is 1. The van der Waals surface area contributed by atoms with Gasteiger partial charge in [-0.15, -0.1) is 0 Å². The summed E-state index contributed by atoms with van der Waals surface area (Å²) in [5.74, 6) is 0.628. The second-order valence-electron chi connectivity index (χ2n) is 4.29. The summed E-state index contributed by atoms with van der Waals surface area (Å²) >= 11 is 6.10. The third-order valence-corrected chi connectivity index (χ3v) is 3.65. The van der Waals surface area contributed by atoms with Crippen molar-refractivity contribution in [3.05, 3.63) is 28.8 Å². The van der Waals surface area contributed by atoms with Crippen LogP contribution in [0.15, 0.2) is 18.2 Å². The largest absolute Gasteiger partial charge is 0.495 e. The number of aliphatic hydroxyl groups excluding tert-OH is 1. The van der Waals surface area contributed by atoms with Crippen LogP contribution in [0.2, 0.25) is 5.02 Å². The maximum Gasteiger partial charge on any atom is 0.137 e. The molecular formula is C12H16ClNO3. The first-order chi connectivity index (χ1) is 8.14. The van der Waals surface area contributed by atoms with Gasteiger partial charge in [0, 0.05) is 6.04 Å². The molecule has 1 aromatic rings. The Morgan fingerprint density at radius 3 is 2.71 bits per heavy atom. The van der Waals surface area contributed by atoms with E-state index in [0.29, 0.717) is 24.0 Å². The lowest BCUT2D eigenvalue weighted by Gasteiger charge is -2.45. The summed E-state index contributed by atoms with van der Waals surface area (Å²) < 4.78 is 10.4. The van der Waals surface area contributed by atoms with E-state index >= 15 is 0 Å². The van der Waals surface area contributed by atoms with Crippen molar-refractivity contribution in [1.82, 2.24) is 0 Å². The minimum absolute atomic E-state index is 0.0764. The molecule has 1 aliphatic heterocycles. The van der Waals surface area contributed by atoms with Gasteiger partial charge in [0.1, 0.15) is 5.75 Å². The molecule has 0 radical (unpaired) electrons. The molecule has 5 heteroatoms. The van der Waals surface area contributed by atoms with Crippen molar-refractivity contribution in [2.75, 3.05) is 26.9 Å². The second kappa shape index (κ2) is 4.82. The molecular weight excluding hydrogens is 242 g/mol. The zero-order valence-electron chi connectivity index (χ0n) is 9.65. The Morgan fingerprint density at radius 2 is 2.29 bits per heavy atom. The molecule has 1 fully saturated rings. The predicted octanol–water partition coefficient (Wildman–Crippen LogP) is 0.936. The Kier molecular flexibility index (Phi) is 3.58. The third kappa shape index (κ3) is 2.02. The Hall–Kier alpha value is -0.810. The number of hydrogen-bond acceptors (Lipinski definition) is 4. The maximum atomic E-state index is 9.23. The normalized spacial score (nSPS) is 19.5. The number of halogens is 1. The molecule has 0 aliphatic carbocycles. The molecule has 0 bridgehead atoms. The monoisotopic (exact) mass is 257 g/mol. The van der Waals surface area contributed by atoms with Crippen LogP contribution in [0.4, 0.5) is 0 Å². The van der Waals surface area contributed by atoms with Crippen LogP contribution in [0.3, 0.4) is 0 Å². The van der Waals surface area contributed by atoms with E-state index < -0.39 is 0 Å². The third-order valence-electron chi connectivity index (χ3n) is 3.35. The summed E-state index contributed by atoms with van der Waals surface area (Å²) in [6, 6.07) is 5.21. The van der Waals surface area contributed by atoms with Gasteiger partial charge in [0.05, 0.1) is 37.4 Å². The standard InChI is InChI=1S/C12H16ClNO3/c1-16-10-3-2-8(4-9(10)13)12(6-17-7-12)11(14)5-15/h2-4,11,15H,5-7,14H2,1H3. The van der Waals surface area contributed by atoms with Gasteiger partial charge in [-0.2, -0.15) is 0 Å². The van der Waals surface area contributed by atoms with Crippen molar-refractivity contribution in [3.63, 3.8) is 0 Å². The zero-order chi connectivity index (χ0) is 12.5. The molecule has 3 N–H and O–H groups in total. The van der Waals surface area contributed by atoms with E-state index in [4.69, 9.17) is 26.8 Å². The zero-order valence-corrected chi connectivity index (χ0v) is 10.4. The highest BCUT2D eigenvalue weighted by atomic mass is 35.5. The van der Waals surface area contributed by atoms with Gasteiger partial charge < -0.3 is 20.3 Å². The average Bonchev–Trinajstić information content (AvgIpc) is 2.27. The van der Waals surface area contributed by atoms with Crippen LogP contribution in [0.1, 0.15) is 5.56 Å². The Balaban J connectivity index is 2.35. The van der Waals surface area contributed by atoms with E-state index in [-0.39, 0.29) is 18.1 Å². The molecule has 1 aliphatic rings. The smallest absolute Gasteiger partial charge is 0.137 e. The predicted molar refractivity (Wildman–Crippen MR) is 65.6 cm³/mol. The molecule has 1 aromatic carbocycles.